The van der Waals surface area contributed by atoms with Crippen LogP contribution in [0.1, 0.15) is 20.8 Å². The van der Waals surface area contributed by atoms with Gasteiger partial charge in [-0.25, -0.2) is 0 Å². The lowest BCUT2D eigenvalue weighted by molar-refractivity contribution is 0.123. The van der Waals surface area contributed by atoms with Crippen LogP contribution in [0.4, 0.5) is 17.5 Å². The first-order valence-electron chi connectivity index (χ1n) is 5.96. The number of H-pyrrole nitrogens is 1. The van der Waals surface area contributed by atoms with Gasteiger partial charge in [0.15, 0.2) is 5.82 Å². The number of rotatable bonds is 3. The molecule has 7 nitrogen and oxygen atoms in total. The lowest BCUT2D eigenvalue weighted by atomic mass is 9.92. The van der Waals surface area contributed by atoms with Crippen LogP contribution in [-0.4, -0.2) is 34.8 Å². The number of hydrogen-bond donors (Lipinski definition) is 4. The first-order chi connectivity index (χ1) is 8.44. The second-order valence-electron chi connectivity index (χ2n) is 4.88. The van der Waals surface area contributed by atoms with Gasteiger partial charge in [0.2, 0.25) is 5.95 Å². The Morgan fingerprint density at radius 1 is 1.40 bits per heavy atom. The van der Waals surface area contributed by atoms with Crippen molar-refractivity contribution in [2.24, 2.45) is 0 Å². The summed E-state index contributed by atoms with van der Waals surface area (Å²) < 4.78 is 5.43. The van der Waals surface area contributed by atoms with Crippen molar-refractivity contribution >= 4 is 42.3 Å². The Kier molecular flexibility index (Phi) is 6.60. The van der Waals surface area contributed by atoms with Gasteiger partial charge in [-0.15, -0.1) is 24.8 Å². The molecule has 1 unspecified atom stereocenters. The Hall–Kier alpha value is -1.18. The fourth-order valence-corrected chi connectivity index (χ4v) is 1.95. The molecular weight excluding hydrogens is 305 g/mol. The normalized spacial score (nSPS) is 18.6. The molecule has 0 saturated heterocycles. The van der Waals surface area contributed by atoms with Gasteiger partial charge in [0.05, 0.1) is 18.2 Å². The van der Waals surface area contributed by atoms with Crippen LogP contribution < -0.4 is 21.9 Å². The van der Waals surface area contributed by atoms with E-state index < -0.39 is 0 Å². The molecule has 0 aromatic carbocycles. The maximum absolute atomic E-state index is 11.8. The summed E-state index contributed by atoms with van der Waals surface area (Å²) in [5.74, 6) is 0.584. The zero-order valence-electron chi connectivity index (χ0n) is 11.6. The van der Waals surface area contributed by atoms with E-state index in [1.165, 1.54) is 0 Å². The van der Waals surface area contributed by atoms with Gasteiger partial charge in [0, 0.05) is 6.61 Å². The Balaban J connectivity index is 0.00000180. The van der Waals surface area contributed by atoms with Crippen molar-refractivity contribution in [3.63, 3.8) is 0 Å². The summed E-state index contributed by atoms with van der Waals surface area (Å²) in [7, 11) is 0. The van der Waals surface area contributed by atoms with E-state index in [0.717, 1.165) is 0 Å². The molecule has 116 valence electrons. The summed E-state index contributed by atoms with van der Waals surface area (Å²) in [6.45, 7) is 7.13. The summed E-state index contributed by atoms with van der Waals surface area (Å²) in [6.07, 6.45) is 0. The molecule has 1 aliphatic heterocycles. The van der Waals surface area contributed by atoms with Crippen molar-refractivity contribution in [3.05, 3.63) is 10.4 Å². The number of nitrogens with one attached hydrogen (secondary N) is 3. The first-order valence-corrected chi connectivity index (χ1v) is 5.96. The highest BCUT2D eigenvalue weighted by atomic mass is 35.5. The largest absolute Gasteiger partial charge is 0.380 e. The summed E-state index contributed by atoms with van der Waals surface area (Å²) in [5, 5.41) is 6.39. The molecule has 0 radical (unpaired) electrons. The Morgan fingerprint density at radius 3 is 2.65 bits per heavy atom. The summed E-state index contributed by atoms with van der Waals surface area (Å²) in [6, 6.07) is -0.0172. The van der Waals surface area contributed by atoms with E-state index in [9.17, 15) is 4.79 Å². The highest BCUT2D eigenvalue weighted by Crippen LogP contribution is 2.29. The smallest absolute Gasteiger partial charge is 0.277 e. The van der Waals surface area contributed by atoms with Crippen LogP contribution in [-0.2, 0) is 4.74 Å². The molecule has 0 spiro atoms. The molecule has 1 atom stereocenters. The molecule has 1 aromatic rings. The van der Waals surface area contributed by atoms with Crippen LogP contribution >= 0.6 is 24.8 Å². The van der Waals surface area contributed by atoms with E-state index in [4.69, 9.17) is 10.5 Å². The Bertz CT molecular complexity index is 506. The van der Waals surface area contributed by atoms with Crippen LogP contribution in [0.2, 0.25) is 0 Å². The SMILES string of the molecule is CCOCC1Nc2c(nc(N)[nH]c2=O)NC1(C)C.Cl.Cl. The van der Waals surface area contributed by atoms with E-state index in [0.29, 0.717) is 24.7 Å². The fraction of sp³-hybridized carbons (Fsp3) is 0.636. The Labute approximate surface area is 129 Å². The molecule has 20 heavy (non-hydrogen) atoms. The van der Waals surface area contributed by atoms with Crippen molar-refractivity contribution in [2.75, 3.05) is 29.6 Å². The van der Waals surface area contributed by atoms with Gasteiger partial charge in [-0.3, -0.25) is 9.78 Å². The molecule has 2 heterocycles. The third kappa shape index (κ3) is 3.68. The molecular formula is C11H21Cl2N5O2. The predicted octanol–water partition coefficient (Wildman–Crippen LogP) is 1.22. The van der Waals surface area contributed by atoms with Gasteiger partial charge in [-0.2, -0.15) is 4.98 Å². The van der Waals surface area contributed by atoms with E-state index >= 15 is 0 Å². The molecule has 2 rings (SSSR count). The van der Waals surface area contributed by atoms with Gasteiger partial charge in [-0.05, 0) is 20.8 Å². The van der Waals surface area contributed by atoms with Crippen molar-refractivity contribution in [3.8, 4) is 0 Å². The zero-order valence-corrected chi connectivity index (χ0v) is 13.3. The number of hydrogen-bond acceptors (Lipinski definition) is 6. The van der Waals surface area contributed by atoms with Crippen LogP contribution in [0.5, 0.6) is 0 Å². The summed E-state index contributed by atoms with van der Waals surface area (Å²) >= 11 is 0. The number of nitrogen functional groups attached to an aromatic ring is 1. The molecule has 0 fully saturated rings. The highest BCUT2D eigenvalue weighted by molar-refractivity contribution is 5.85. The quantitative estimate of drug-likeness (QED) is 0.666. The van der Waals surface area contributed by atoms with Crippen molar-refractivity contribution in [2.45, 2.75) is 32.4 Å². The first kappa shape index (κ1) is 18.8. The molecule has 0 bridgehead atoms. The van der Waals surface area contributed by atoms with E-state index in [1.54, 1.807) is 0 Å². The van der Waals surface area contributed by atoms with E-state index in [-0.39, 0.29) is 47.9 Å². The Morgan fingerprint density at radius 2 is 2.05 bits per heavy atom. The van der Waals surface area contributed by atoms with Crippen molar-refractivity contribution in [1.82, 2.24) is 9.97 Å². The standard InChI is InChI=1S/C11H19N5O2.2ClH/c1-4-18-5-6-11(2,3)16-8-7(13-6)9(17)15-10(12)14-8;;/h6,13H,4-5H2,1-3H3,(H4,12,14,15,16,17);2*1H. The molecule has 1 aliphatic rings. The van der Waals surface area contributed by atoms with Gasteiger partial charge in [0.1, 0.15) is 5.69 Å². The average molecular weight is 326 g/mol. The lowest BCUT2D eigenvalue weighted by Gasteiger charge is -2.40. The molecule has 0 amide bonds. The fourth-order valence-electron chi connectivity index (χ4n) is 1.95. The topological polar surface area (TPSA) is 105 Å². The van der Waals surface area contributed by atoms with Crippen LogP contribution in [0.15, 0.2) is 4.79 Å². The number of ether oxygens (including phenoxy) is 1. The van der Waals surface area contributed by atoms with E-state index in [2.05, 4.69) is 20.6 Å². The number of nitrogens with zero attached hydrogens (tertiary/aromatic N) is 1. The van der Waals surface area contributed by atoms with Crippen LogP contribution in [0.3, 0.4) is 0 Å². The second kappa shape index (κ2) is 7.01. The van der Waals surface area contributed by atoms with Gasteiger partial charge in [-0.1, -0.05) is 0 Å². The number of anilines is 3. The third-order valence-corrected chi connectivity index (χ3v) is 3.06. The monoisotopic (exact) mass is 325 g/mol. The number of aromatic nitrogens is 2. The maximum atomic E-state index is 11.8. The van der Waals surface area contributed by atoms with Crippen molar-refractivity contribution in [1.29, 1.82) is 0 Å². The highest BCUT2D eigenvalue weighted by Gasteiger charge is 2.36. The molecule has 0 aliphatic carbocycles. The molecule has 1 aromatic heterocycles. The lowest BCUT2D eigenvalue weighted by Crippen LogP contribution is -2.55. The van der Waals surface area contributed by atoms with Gasteiger partial charge >= 0.3 is 0 Å². The van der Waals surface area contributed by atoms with Gasteiger partial charge in [0.25, 0.3) is 5.56 Å². The molecule has 5 N–H and O–H groups in total. The summed E-state index contributed by atoms with van der Waals surface area (Å²) in [5.41, 5.74) is 5.38. The second-order valence-corrected chi connectivity index (χ2v) is 4.88. The number of fused-ring (bicyclic) bond motifs is 1. The van der Waals surface area contributed by atoms with Gasteiger partial charge < -0.3 is 21.1 Å². The van der Waals surface area contributed by atoms with Crippen LogP contribution in [0.25, 0.3) is 0 Å². The van der Waals surface area contributed by atoms with Crippen LogP contribution in [0, 0.1) is 0 Å². The number of nitrogens with two attached hydrogens (primary N) is 1. The van der Waals surface area contributed by atoms with Crippen molar-refractivity contribution < 1.29 is 4.74 Å². The minimum atomic E-state index is -0.282. The van der Waals surface area contributed by atoms with E-state index in [1.807, 2.05) is 20.8 Å². The number of halogens is 2. The third-order valence-electron chi connectivity index (χ3n) is 3.06. The zero-order chi connectivity index (χ0) is 13.3. The summed E-state index contributed by atoms with van der Waals surface area (Å²) in [4.78, 5) is 18.4. The average Bonchev–Trinajstić information content (AvgIpc) is 2.25. The predicted molar refractivity (Wildman–Crippen MR) is 85.4 cm³/mol. The number of aromatic amines is 1. The minimum Gasteiger partial charge on any atom is -0.380 e. The molecule has 0 saturated carbocycles. The maximum Gasteiger partial charge on any atom is 0.277 e. The molecule has 9 heteroatoms. The minimum absolute atomic E-state index is 0.